The Morgan fingerprint density at radius 1 is 1.06 bits per heavy atom. The summed E-state index contributed by atoms with van der Waals surface area (Å²) in [6, 6.07) is 6.99. The molecule has 8 heteroatoms. The van der Waals surface area contributed by atoms with Crippen LogP contribution in [0.3, 0.4) is 0 Å². The maximum atomic E-state index is 12.7. The van der Waals surface area contributed by atoms with Crippen molar-refractivity contribution in [3.05, 3.63) is 50.3 Å². The van der Waals surface area contributed by atoms with Crippen LogP contribution in [0.2, 0.25) is 0 Å². The number of rotatable bonds is 7. The van der Waals surface area contributed by atoms with E-state index in [1.54, 1.807) is 24.3 Å². The molecule has 32 heavy (non-hydrogen) atoms. The predicted molar refractivity (Wildman–Crippen MR) is 123 cm³/mol. The molecule has 1 saturated carbocycles. The van der Waals surface area contributed by atoms with E-state index in [-0.39, 0.29) is 17.6 Å². The second kappa shape index (κ2) is 9.65. The summed E-state index contributed by atoms with van der Waals surface area (Å²) in [7, 11) is 0. The van der Waals surface area contributed by atoms with Gasteiger partial charge in [-0.05, 0) is 50.7 Å². The molecule has 2 aliphatic rings. The Bertz CT molecular complexity index is 1060. The molecule has 2 fully saturated rings. The molecular weight excluding hydrogens is 410 g/mol. The zero-order valence-electron chi connectivity index (χ0n) is 18.3. The number of Topliss-reactive ketones (excluding diaryl/α,β-unsaturated/α-hetero) is 1. The van der Waals surface area contributed by atoms with Crippen molar-refractivity contribution >= 4 is 28.8 Å². The van der Waals surface area contributed by atoms with Crippen molar-refractivity contribution in [1.82, 2.24) is 0 Å². The van der Waals surface area contributed by atoms with Gasteiger partial charge in [-0.3, -0.25) is 19.2 Å². The fraction of sp³-hybridized carbons (Fsp3) is 0.500. The number of morpholine rings is 1. The molecule has 1 aliphatic carbocycles. The van der Waals surface area contributed by atoms with Gasteiger partial charge in [0.25, 0.3) is 10.9 Å². The number of hydrogen-bond acceptors (Lipinski definition) is 7. The summed E-state index contributed by atoms with van der Waals surface area (Å²) in [5.41, 5.74) is 1.30. The normalized spacial score (nSPS) is 21.3. The lowest BCUT2D eigenvalue weighted by atomic mass is 9.81. The quantitative estimate of drug-likeness (QED) is 0.503. The van der Waals surface area contributed by atoms with Crippen molar-refractivity contribution in [2.75, 3.05) is 48.4 Å². The molecule has 170 valence electrons. The van der Waals surface area contributed by atoms with Crippen LogP contribution >= 0.6 is 0 Å². The second-order valence-corrected chi connectivity index (χ2v) is 8.71. The van der Waals surface area contributed by atoms with Crippen LogP contribution in [-0.2, 0) is 9.53 Å². The predicted octanol–water partition coefficient (Wildman–Crippen LogP) is 2.18. The Kier molecular flexibility index (Phi) is 6.69. The fourth-order valence-electron chi connectivity index (χ4n) is 4.57. The third-order valence-corrected chi connectivity index (χ3v) is 6.53. The summed E-state index contributed by atoms with van der Waals surface area (Å²) < 4.78 is 5.33. The molecule has 2 aromatic rings. The summed E-state index contributed by atoms with van der Waals surface area (Å²) in [5, 5.41) is 6.14. The highest BCUT2D eigenvalue weighted by Gasteiger charge is 2.30. The van der Waals surface area contributed by atoms with Crippen molar-refractivity contribution in [3.8, 4) is 0 Å². The average Bonchev–Trinajstić information content (AvgIpc) is 2.82. The Morgan fingerprint density at radius 2 is 1.78 bits per heavy atom. The highest BCUT2D eigenvalue weighted by atomic mass is 16.5. The molecule has 0 spiro atoms. The average molecular weight is 440 g/mol. The topological polar surface area (TPSA) is 105 Å². The fourth-order valence-corrected chi connectivity index (χ4v) is 4.57. The highest BCUT2D eigenvalue weighted by Crippen LogP contribution is 2.31. The molecule has 2 N–H and O–H groups in total. The van der Waals surface area contributed by atoms with Gasteiger partial charge in [0.15, 0.2) is 5.78 Å². The smallest absolute Gasteiger partial charge is 0.253 e. The third kappa shape index (κ3) is 4.75. The third-order valence-electron chi connectivity index (χ3n) is 6.53. The number of hydrogen-bond donors (Lipinski definition) is 2. The summed E-state index contributed by atoms with van der Waals surface area (Å²) in [5.74, 6) is 0.228. The molecular formula is C24H29N3O5. The van der Waals surface area contributed by atoms with Crippen LogP contribution in [-0.4, -0.2) is 44.5 Å². The number of nitrogens with one attached hydrogen (secondary N) is 2. The number of carbonyl (C=O) groups excluding carboxylic acids is 2. The minimum absolute atomic E-state index is 0.0193. The first-order chi connectivity index (χ1) is 15.4. The number of anilines is 3. The van der Waals surface area contributed by atoms with Gasteiger partial charge in [0.05, 0.1) is 13.2 Å². The van der Waals surface area contributed by atoms with E-state index in [1.807, 2.05) is 4.90 Å². The summed E-state index contributed by atoms with van der Waals surface area (Å²) in [6.45, 7) is 4.48. The van der Waals surface area contributed by atoms with Crippen molar-refractivity contribution in [1.29, 1.82) is 0 Å². The van der Waals surface area contributed by atoms with E-state index in [1.165, 1.54) is 6.92 Å². The minimum Gasteiger partial charge on any atom is -0.380 e. The molecule has 1 heterocycles. The summed E-state index contributed by atoms with van der Waals surface area (Å²) in [6.07, 6.45) is 3.29. The highest BCUT2D eigenvalue weighted by molar-refractivity contribution is 5.97. The number of amides is 1. The van der Waals surface area contributed by atoms with E-state index < -0.39 is 10.9 Å². The van der Waals surface area contributed by atoms with Gasteiger partial charge in [-0.2, -0.15) is 0 Å². The van der Waals surface area contributed by atoms with Crippen LogP contribution in [0.4, 0.5) is 17.1 Å². The van der Waals surface area contributed by atoms with Crippen molar-refractivity contribution in [3.63, 3.8) is 0 Å². The van der Waals surface area contributed by atoms with E-state index in [2.05, 4.69) is 10.6 Å². The van der Waals surface area contributed by atoms with Crippen LogP contribution in [0, 0.1) is 11.8 Å². The second-order valence-electron chi connectivity index (χ2n) is 8.71. The molecule has 0 bridgehead atoms. The monoisotopic (exact) mass is 439 g/mol. The van der Waals surface area contributed by atoms with E-state index in [4.69, 9.17) is 4.74 Å². The molecule has 1 amide bonds. The SMILES string of the molecule is CC(=O)c1cccc(NC(=O)C2CCC(CNc3c(N4CCOCC4)c(=O)c3=O)CC2)c1. The van der Waals surface area contributed by atoms with E-state index in [0.717, 1.165) is 25.7 Å². The molecule has 0 radical (unpaired) electrons. The summed E-state index contributed by atoms with van der Waals surface area (Å²) in [4.78, 5) is 50.2. The first-order valence-corrected chi connectivity index (χ1v) is 11.3. The van der Waals surface area contributed by atoms with Gasteiger partial charge in [0, 0.05) is 36.8 Å². The largest absolute Gasteiger partial charge is 0.380 e. The van der Waals surface area contributed by atoms with Crippen molar-refractivity contribution in [2.45, 2.75) is 32.6 Å². The van der Waals surface area contributed by atoms with Gasteiger partial charge in [-0.15, -0.1) is 0 Å². The number of benzene rings is 1. The standard InChI is InChI=1S/C24H29N3O5/c1-15(28)18-3-2-4-19(13-18)26-24(31)17-7-5-16(6-8-17)14-25-20-21(23(30)22(20)29)27-9-11-32-12-10-27/h2-4,13,16-17,25H,5-12,14H2,1H3,(H,26,31). The Labute approximate surface area is 186 Å². The maximum absolute atomic E-state index is 12.7. The van der Waals surface area contributed by atoms with Gasteiger partial charge in [-0.1, -0.05) is 12.1 Å². The van der Waals surface area contributed by atoms with Gasteiger partial charge < -0.3 is 20.3 Å². The molecule has 1 saturated heterocycles. The minimum atomic E-state index is -0.438. The lowest BCUT2D eigenvalue weighted by molar-refractivity contribution is -0.121. The molecule has 0 unspecified atom stereocenters. The molecule has 0 aromatic heterocycles. The van der Waals surface area contributed by atoms with Crippen LogP contribution in [0.25, 0.3) is 0 Å². The maximum Gasteiger partial charge on any atom is 0.253 e. The number of ketones is 1. The van der Waals surface area contributed by atoms with Gasteiger partial charge in [-0.25, -0.2) is 0 Å². The lowest BCUT2D eigenvalue weighted by Crippen LogP contribution is -2.47. The molecule has 2 aromatic carbocycles. The zero-order valence-corrected chi connectivity index (χ0v) is 18.3. The van der Waals surface area contributed by atoms with Crippen LogP contribution in [0.15, 0.2) is 33.9 Å². The summed E-state index contributed by atoms with van der Waals surface area (Å²) >= 11 is 0. The lowest BCUT2D eigenvalue weighted by Gasteiger charge is -2.32. The number of carbonyl (C=O) groups is 2. The van der Waals surface area contributed by atoms with Crippen LogP contribution in [0.5, 0.6) is 0 Å². The number of ether oxygens (including phenoxy) is 1. The van der Waals surface area contributed by atoms with Gasteiger partial charge in [0.1, 0.15) is 11.4 Å². The van der Waals surface area contributed by atoms with Gasteiger partial charge in [0.2, 0.25) is 5.91 Å². The van der Waals surface area contributed by atoms with Crippen molar-refractivity contribution < 1.29 is 14.3 Å². The van der Waals surface area contributed by atoms with Crippen LogP contribution < -0.4 is 26.4 Å². The van der Waals surface area contributed by atoms with Crippen molar-refractivity contribution in [2.24, 2.45) is 11.8 Å². The van der Waals surface area contributed by atoms with E-state index in [9.17, 15) is 19.2 Å². The van der Waals surface area contributed by atoms with Gasteiger partial charge >= 0.3 is 0 Å². The Morgan fingerprint density at radius 3 is 2.47 bits per heavy atom. The zero-order chi connectivity index (χ0) is 22.7. The molecule has 0 atom stereocenters. The Hall–Kier alpha value is -3.00. The first-order valence-electron chi connectivity index (χ1n) is 11.3. The first kappa shape index (κ1) is 22.2. The van der Waals surface area contributed by atoms with E-state index in [0.29, 0.717) is 61.4 Å². The number of nitrogens with zero attached hydrogens (tertiary/aromatic N) is 1. The Balaban J connectivity index is 1.27. The molecule has 8 nitrogen and oxygen atoms in total. The molecule has 1 aliphatic heterocycles. The van der Waals surface area contributed by atoms with Crippen LogP contribution in [0.1, 0.15) is 43.0 Å². The molecule has 4 rings (SSSR count). The van der Waals surface area contributed by atoms with E-state index >= 15 is 0 Å².